The van der Waals surface area contributed by atoms with Crippen LogP contribution < -0.4 is 10.3 Å². The molecule has 0 radical (unpaired) electrons. The SMILES string of the molecule is CC(=O)Oc1c(Cl)cc(C=Nn2c(-c3cc4cc(Cl)ccc4o3)nc3ccccc3c2=O)cc1[N+](=O)[O-]. The van der Waals surface area contributed by atoms with Crippen molar-refractivity contribution in [2.45, 2.75) is 6.92 Å². The summed E-state index contributed by atoms with van der Waals surface area (Å²) in [6.07, 6.45) is 1.21. The lowest BCUT2D eigenvalue weighted by atomic mass is 10.2. The van der Waals surface area contributed by atoms with Crippen molar-refractivity contribution in [3.8, 4) is 17.3 Å². The predicted molar refractivity (Wildman–Crippen MR) is 139 cm³/mol. The average molecular weight is 537 g/mol. The van der Waals surface area contributed by atoms with Crippen LogP contribution in [0.15, 0.2) is 75.0 Å². The van der Waals surface area contributed by atoms with Crippen molar-refractivity contribution in [2.24, 2.45) is 5.10 Å². The van der Waals surface area contributed by atoms with E-state index in [0.717, 1.165) is 17.7 Å². The third-order valence-corrected chi connectivity index (χ3v) is 5.78. The van der Waals surface area contributed by atoms with Gasteiger partial charge in [0.2, 0.25) is 11.6 Å². The molecule has 0 amide bonds. The fourth-order valence-electron chi connectivity index (χ4n) is 3.69. The number of fused-ring (bicyclic) bond motifs is 2. The Bertz CT molecular complexity index is 1830. The van der Waals surface area contributed by atoms with Gasteiger partial charge in [0.25, 0.3) is 5.56 Å². The van der Waals surface area contributed by atoms with Gasteiger partial charge in [-0.1, -0.05) is 35.3 Å². The molecule has 3 aromatic carbocycles. The minimum absolute atomic E-state index is 0.101. The van der Waals surface area contributed by atoms with Crippen LogP contribution in [-0.2, 0) is 4.79 Å². The van der Waals surface area contributed by atoms with Crippen LogP contribution in [0.1, 0.15) is 12.5 Å². The van der Waals surface area contributed by atoms with Gasteiger partial charge in [0, 0.05) is 29.0 Å². The highest BCUT2D eigenvalue weighted by Crippen LogP contribution is 2.36. The molecule has 0 fully saturated rings. The summed E-state index contributed by atoms with van der Waals surface area (Å²) in [6.45, 7) is 1.10. The van der Waals surface area contributed by atoms with Crippen LogP contribution in [0, 0.1) is 10.1 Å². The van der Waals surface area contributed by atoms with Crippen LogP contribution >= 0.6 is 23.2 Å². The molecule has 0 saturated carbocycles. The maximum Gasteiger partial charge on any atom is 0.313 e. The number of hydrogen-bond acceptors (Lipinski definition) is 8. The molecule has 2 aromatic heterocycles. The van der Waals surface area contributed by atoms with Gasteiger partial charge in [-0.3, -0.25) is 19.7 Å². The van der Waals surface area contributed by atoms with Crippen molar-refractivity contribution in [1.82, 2.24) is 9.66 Å². The largest absolute Gasteiger partial charge is 0.453 e. The van der Waals surface area contributed by atoms with E-state index >= 15 is 0 Å². The second kappa shape index (κ2) is 9.49. The zero-order valence-electron chi connectivity index (χ0n) is 18.8. The van der Waals surface area contributed by atoms with Crippen LogP contribution in [0.5, 0.6) is 5.75 Å². The zero-order valence-corrected chi connectivity index (χ0v) is 20.4. The van der Waals surface area contributed by atoms with Gasteiger partial charge in [-0.15, -0.1) is 0 Å². The van der Waals surface area contributed by atoms with Gasteiger partial charge in [-0.05, 0) is 42.5 Å². The Labute approximate surface area is 217 Å². The van der Waals surface area contributed by atoms with Crippen molar-refractivity contribution in [2.75, 3.05) is 0 Å². The molecule has 2 heterocycles. The summed E-state index contributed by atoms with van der Waals surface area (Å²) in [4.78, 5) is 40.1. The molecule has 5 aromatic rings. The highest BCUT2D eigenvalue weighted by molar-refractivity contribution is 6.33. The van der Waals surface area contributed by atoms with E-state index in [1.807, 2.05) is 0 Å². The van der Waals surface area contributed by atoms with E-state index in [9.17, 15) is 19.7 Å². The average Bonchev–Trinajstić information content (AvgIpc) is 3.27. The second-order valence-electron chi connectivity index (χ2n) is 7.81. The molecule has 0 aliphatic rings. The van der Waals surface area contributed by atoms with E-state index in [1.165, 1.54) is 12.3 Å². The maximum absolute atomic E-state index is 13.4. The second-order valence-corrected chi connectivity index (χ2v) is 8.65. The standard InChI is InChI=1S/C25H14Cl2N4O6/c1-13(32)36-23-18(27)8-14(9-20(23)31(34)35)12-28-30-24(29-19-5-3-2-4-17(19)25(30)33)22-11-15-10-16(26)6-7-21(15)37-22/h2-12H,1H3. The first-order valence-electron chi connectivity index (χ1n) is 10.6. The number of ether oxygens (including phenoxy) is 1. The number of carbonyl (C=O) groups excluding carboxylic acids is 1. The number of furan rings is 1. The molecule has 0 aliphatic heterocycles. The Morgan fingerprint density at radius 3 is 2.70 bits per heavy atom. The molecule has 0 aliphatic carbocycles. The lowest BCUT2D eigenvalue weighted by Gasteiger charge is -2.08. The van der Waals surface area contributed by atoms with Crippen molar-refractivity contribution in [3.63, 3.8) is 0 Å². The molecule has 0 bridgehead atoms. The van der Waals surface area contributed by atoms with Crippen LogP contribution in [0.2, 0.25) is 10.0 Å². The summed E-state index contributed by atoms with van der Waals surface area (Å²) >= 11 is 12.2. The fourth-order valence-corrected chi connectivity index (χ4v) is 4.14. The molecule has 12 heteroatoms. The summed E-state index contributed by atoms with van der Waals surface area (Å²) in [5.74, 6) is -0.796. The summed E-state index contributed by atoms with van der Waals surface area (Å²) in [5, 5.41) is 17.2. The number of para-hydroxylation sites is 1. The first kappa shape index (κ1) is 24.2. The van der Waals surface area contributed by atoms with Gasteiger partial charge in [-0.25, -0.2) is 4.98 Å². The molecular weight excluding hydrogens is 523 g/mol. The monoisotopic (exact) mass is 536 g/mol. The van der Waals surface area contributed by atoms with Crippen LogP contribution in [-0.4, -0.2) is 26.8 Å². The number of carbonyl (C=O) groups is 1. The van der Waals surface area contributed by atoms with E-state index in [0.29, 0.717) is 26.9 Å². The first-order chi connectivity index (χ1) is 17.7. The van der Waals surface area contributed by atoms with Gasteiger partial charge in [0.15, 0.2) is 5.76 Å². The summed E-state index contributed by atoms with van der Waals surface area (Å²) in [5.41, 5.74) is 0.0997. The molecule has 37 heavy (non-hydrogen) atoms. The first-order valence-corrected chi connectivity index (χ1v) is 11.4. The van der Waals surface area contributed by atoms with E-state index in [1.54, 1.807) is 48.5 Å². The van der Waals surface area contributed by atoms with Crippen LogP contribution in [0.4, 0.5) is 5.69 Å². The van der Waals surface area contributed by atoms with Gasteiger partial charge in [0.1, 0.15) is 5.58 Å². The number of nitro benzene ring substituents is 1. The van der Waals surface area contributed by atoms with E-state index in [2.05, 4.69) is 10.1 Å². The number of aromatic nitrogens is 2. The molecule has 10 nitrogen and oxygen atoms in total. The molecule has 5 rings (SSSR count). The fraction of sp³-hybridized carbons (Fsp3) is 0.0400. The number of rotatable bonds is 5. The third-order valence-electron chi connectivity index (χ3n) is 5.26. The third kappa shape index (κ3) is 4.67. The van der Waals surface area contributed by atoms with Crippen LogP contribution in [0.3, 0.4) is 0 Å². The highest BCUT2D eigenvalue weighted by Gasteiger charge is 2.22. The molecular formula is C25H14Cl2N4O6. The molecule has 184 valence electrons. The van der Waals surface area contributed by atoms with Gasteiger partial charge in [0.05, 0.1) is 27.1 Å². The number of nitro groups is 1. The number of nitrogens with zero attached hydrogens (tertiary/aromatic N) is 4. The van der Waals surface area contributed by atoms with Gasteiger partial charge < -0.3 is 9.15 Å². The number of benzene rings is 3. The Hall–Kier alpha value is -4.54. The Kier molecular flexibility index (Phi) is 6.20. The quantitative estimate of drug-likeness (QED) is 0.0906. The number of hydrogen-bond donors (Lipinski definition) is 0. The lowest BCUT2D eigenvalue weighted by Crippen LogP contribution is -2.20. The number of esters is 1. The topological polar surface area (TPSA) is 130 Å². The van der Waals surface area contributed by atoms with Crippen molar-refractivity contribution in [1.29, 1.82) is 0 Å². The molecule has 0 spiro atoms. The van der Waals surface area contributed by atoms with E-state index in [4.69, 9.17) is 32.4 Å². The molecule has 0 unspecified atom stereocenters. The number of halogens is 2. The summed E-state index contributed by atoms with van der Waals surface area (Å²) in [6, 6.07) is 15.9. The van der Waals surface area contributed by atoms with E-state index in [-0.39, 0.29) is 27.9 Å². The van der Waals surface area contributed by atoms with Crippen molar-refractivity contribution >= 4 is 62.9 Å². The lowest BCUT2D eigenvalue weighted by molar-refractivity contribution is -0.385. The molecule has 0 saturated heterocycles. The Balaban J connectivity index is 1.69. The normalized spacial score (nSPS) is 11.4. The zero-order chi connectivity index (χ0) is 26.3. The Morgan fingerprint density at radius 1 is 1.16 bits per heavy atom. The molecule has 0 atom stereocenters. The van der Waals surface area contributed by atoms with Crippen LogP contribution in [0.25, 0.3) is 33.5 Å². The van der Waals surface area contributed by atoms with Crippen molar-refractivity contribution in [3.05, 3.63) is 96.7 Å². The maximum atomic E-state index is 13.4. The minimum atomic E-state index is -0.767. The molecule has 0 N–H and O–H groups in total. The Morgan fingerprint density at radius 2 is 1.95 bits per heavy atom. The predicted octanol–water partition coefficient (Wildman–Crippen LogP) is 5.83. The summed E-state index contributed by atoms with van der Waals surface area (Å²) in [7, 11) is 0. The smallest absolute Gasteiger partial charge is 0.313 e. The van der Waals surface area contributed by atoms with E-state index < -0.39 is 22.1 Å². The van der Waals surface area contributed by atoms with Gasteiger partial charge >= 0.3 is 11.7 Å². The van der Waals surface area contributed by atoms with Gasteiger partial charge in [-0.2, -0.15) is 9.78 Å². The summed E-state index contributed by atoms with van der Waals surface area (Å²) < 4.78 is 11.8. The van der Waals surface area contributed by atoms with Crippen molar-refractivity contribution < 1.29 is 18.9 Å². The minimum Gasteiger partial charge on any atom is -0.453 e. The highest BCUT2D eigenvalue weighted by atomic mass is 35.5.